The smallest absolute Gasteiger partial charge is 0.0687 e. The van der Waals surface area contributed by atoms with Crippen LogP contribution in [0.1, 0.15) is 43.9 Å². The Hall–Kier alpha value is -1.11. The number of benzene rings is 1. The Morgan fingerprint density at radius 3 is 2.06 bits per heavy atom. The normalized spacial score (nSPS) is 12.3. The van der Waals surface area contributed by atoms with Gasteiger partial charge in [-0.15, -0.1) is 0 Å². The summed E-state index contributed by atoms with van der Waals surface area (Å²) >= 11 is 0. The first-order chi connectivity index (χ1) is 7.40. The lowest BCUT2D eigenvalue weighted by atomic mass is 10.0. The summed E-state index contributed by atoms with van der Waals surface area (Å²) in [7, 11) is 0. The van der Waals surface area contributed by atoms with Crippen LogP contribution in [-0.4, -0.2) is 5.71 Å². The minimum absolute atomic E-state index is 0.676. The van der Waals surface area contributed by atoms with Crippen LogP contribution in [0.5, 0.6) is 0 Å². The van der Waals surface area contributed by atoms with Crippen molar-refractivity contribution < 1.29 is 0 Å². The Kier molecular flexibility index (Phi) is 4.28. The van der Waals surface area contributed by atoms with E-state index < -0.39 is 0 Å². The lowest BCUT2D eigenvalue weighted by Gasteiger charge is -2.09. The molecule has 0 saturated carbocycles. The maximum Gasteiger partial charge on any atom is 0.0687 e. The zero-order valence-corrected chi connectivity index (χ0v) is 11.4. The summed E-state index contributed by atoms with van der Waals surface area (Å²) < 4.78 is 0. The first-order valence-corrected chi connectivity index (χ1v) is 6.02. The van der Waals surface area contributed by atoms with Gasteiger partial charge in [-0.2, -0.15) is 0 Å². The molecular weight excluding hydrogens is 194 g/mol. The summed E-state index contributed by atoms with van der Waals surface area (Å²) in [6.45, 7) is 13.0. The number of nitrogens with zero attached hydrogens (tertiary/aromatic N) is 1. The molecule has 1 aromatic carbocycles. The second kappa shape index (κ2) is 5.29. The van der Waals surface area contributed by atoms with Crippen LogP contribution < -0.4 is 0 Å². The molecule has 1 heteroatoms. The molecular formula is C15H23N. The molecule has 0 aliphatic heterocycles. The zero-order valence-electron chi connectivity index (χ0n) is 11.4. The van der Waals surface area contributed by atoms with Crippen molar-refractivity contribution in [1.82, 2.24) is 0 Å². The van der Waals surface area contributed by atoms with Gasteiger partial charge in [-0.05, 0) is 51.2 Å². The minimum atomic E-state index is 0.676. The van der Waals surface area contributed by atoms with Gasteiger partial charge in [0.1, 0.15) is 0 Å². The molecule has 0 atom stereocenters. The fourth-order valence-corrected chi connectivity index (χ4v) is 2.18. The average molecular weight is 217 g/mol. The summed E-state index contributed by atoms with van der Waals surface area (Å²) in [5.74, 6) is 0.676. The molecule has 1 aromatic rings. The molecule has 0 saturated heterocycles. The van der Waals surface area contributed by atoms with Crippen LogP contribution in [0.25, 0.3) is 0 Å². The Labute approximate surface area is 99.6 Å². The Balaban J connectivity index is 3.05. The van der Waals surface area contributed by atoms with Crippen LogP contribution >= 0.6 is 0 Å². The third-order valence-electron chi connectivity index (χ3n) is 2.64. The van der Waals surface area contributed by atoms with Crippen molar-refractivity contribution in [2.45, 2.75) is 48.0 Å². The quantitative estimate of drug-likeness (QED) is 0.648. The van der Waals surface area contributed by atoms with Gasteiger partial charge in [0, 0.05) is 5.71 Å². The van der Waals surface area contributed by atoms with E-state index in [1.165, 1.54) is 22.4 Å². The van der Waals surface area contributed by atoms with E-state index in [4.69, 9.17) is 4.99 Å². The Morgan fingerprint density at radius 2 is 1.62 bits per heavy atom. The number of hydrogen-bond acceptors (Lipinski definition) is 1. The maximum atomic E-state index is 4.76. The SMILES string of the molecule is C/C(CC(C)C)=N/c1c(C)cc(C)cc1C. The Morgan fingerprint density at radius 1 is 1.12 bits per heavy atom. The summed E-state index contributed by atoms with van der Waals surface area (Å²) in [6, 6.07) is 4.41. The van der Waals surface area contributed by atoms with Crippen molar-refractivity contribution in [2.75, 3.05) is 0 Å². The summed E-state index contributed by atoms with van der Waals surface area (Å²) in [5, 5.41) is 0. The number of rotatable bonds is 3. The lowest BCUT2D eigenvalue weighted by molar-refractivity contribution is 0.682. The monoisotopic (exact) mass is 217 g/mol. The molecule has 88 valence electrons. The van der Waals surface area contributed by atoms with E-state index in [0.717, 1.165) is 12.1 Å². The van der Waals surface area contributed by atoms with Gasteiger partial charge in [0.05, 0.1) is 5.69 Å². The van der Waals surface area contributed by atoms with Gasteiger partial charge in [0.15, 0.2) is 0 Å². The standard InChI is InChI=1S/C15H23N/c1-10(2)7-14(6)16-15-12(4)8-11(3)9-13(15)5/h8-10H,7H2,1-6H3/b16-14-. The highest BCUT2D eigenvalue weighted by Crippen LogP contribution is 2.25. The first kappa shape index (κ1) is 13.0. The van der Waals surface area contributed by atoms with Crippen molar-refractivity contribution in [2.24, 2.45) is 10.9 Å². The van der Waals surface area contributed by atoms with Crippen LogP contribution in [0, 0.1) is 26.7 Å². The van der Waals surface area contributed by atoms with E-state index in [0.29, 0.717) is 5.92 Å². The summed E-state index contributed by atoms with van der Waals surface area (Å²) in [6.07, 6.45) is 1.08. The lowest BCUT2D eigenvalue weighted by Crippen LogP contribution is -1.98. The van der Waals surface area contributed by atoms with Crippen LogP contribution in [0.2, 0.25) is 0 Å². The van der Waals surface area contributed by atoms with Gasteiger partial charge in [-0.1, -0.05) is 31.5 Å². The predicted octanol–water partition coefficient (Wildman–Crippen LogP) is 4.75. The minimum Gasteiger partial charge on any atom is -0.258 e. The second-order valence-corrected chi connectivity index (χ2v) is 5.19. The average Bonchev–Trinajstić information content (AvgIpc) is 2.09. The van der Waals surface area contributed by atoms with Crippen LogP contribution in [0.4, 0.5) is 5.69 Å². The molecule has 0 N–H and O–H groups in total. The molecule has 0 radical (unpaired) electrons. The van der Waals surface area contributed by atoms with E-state index in [1.54, 1.807) is 0 Å². The van der Waals surface area contributed by atoms with Crippen LogP contribution in [0.3, 0.4) is 0 Å². The molecule has 0 spiro atoms. The summed E-state index contributed by atoms with van der Waals surface area (Å²) in [5.41, 5.74) is 6.26. The maximum absolute atomic E-state index is 4.76. The van der Waals surface area contributed by atoms with Gasteiger partial charge in [-0.25, -0.2) is 0 Å². The molecule has 0 aromatic heterocycles. The van der Waals surface area contributed by atoms with E-state index in [2.05, 4.69) is 53.7 Å². The third kappa shape index (κ3) is 3.48. The fraction of sp³-hybridized carbons (Fsp3) is 0.533. The van der Waals surface area contributed by atoms with Gasteiger partial charge >= 0.3 is 0 Å². The van der Waals surface area contributed by atoms with Crippen LogP contribution in [0.15, 0.2) is 17.1 Å². The molecule has 0 unspecified atom stereocenters. The largest absolute Gasteiger partial charge is 0.258 e. The van der Waals surface area contributed by atoms with Gasteiger partial charge < -0.3 is 0 Å². The molecule has 1 nitrogen and oxygen atoms in total. The van der Waals surface area contributed by atoms with Crippen molar-refractivity contribution in [3.05, 3.63) is 28.8 Å². The highest BCUT2D eigenvalue weighted by atomic mass is 14.7. The van der Waals surface area contributed by atoms with Crippen molar-refractivity contribution in [3.63, 3.8) is 0 Å². The number of aryl methyl sites for hydroxylation is 3. The van der Waals surface area contributed by atoms with E-state index in [1.807, 2.05) is 0 Å². The molecule has 16 heavy (non-hydrogen) atoms. The number of aliphatic imine (C=N–C) groups is 1. The molecule has 0 bridgehead atoms. The fourth-order valence-electron chi connectivity index (χ4n) is 2.18. The second-order valence-electron chi connectivity index (χ2n) is 5.19. The highest BCUT2D eigenvalue weighted by Gasteiger charge is 2.04. The van der Waals surface area contributed by atoms with E-state index in [9.17, 15) is 0 Å². The highest BCUT2D eigenvalue weighted by molar-refractivity contribution is 5.85. The molecule has 0 fully saturated rings. The molecule has 0 amide bonds. The van der Waals surface area contributed by atoms with Gasteiger partial charge in [0.2, 0.25) is 0 Å². The zero-order chi connectivity index (χ0) is 12.3. The molecule has 0 heterocycles. The van der Waals surface area contributed by atoms with Crippen molar-refractivity contribution >= 4 is 11.4 Å². The van der Waals surface area contributed by atoms with Gasteiger partial charge in [-0.3, -0.25) is 4.99 Å². The third-order valence-corrected chi connectivity index (χ3v) is 2.64. The molecule has 1 rings (SSSR count). The molecule has 0 aliphatic carbocycles. The van der Waals surface area contributed by atoms with Crippen molar-refractivity contribution in [1.29, 1.82) is 0 Å². The summed E-state index contributed by atoms with van der Waals surface area (Å²) in [4.78, 5) is 4.76. The van der Waals surface area contributed by atoms with E-state index >= 15 is 0 Å². The van der Waals surface area contributed by atoms with Crippen LogP contribution in [-0.2, 0) is 0 Å². The first-order valence-electron chi connectivity index (χ1n) is 6.02. The van der Waals surface area contributed by atoms with Crippen molar-refractivity contribution in [3.8, 4) is 0 Å². The number of hydrogen-bond donors (Lipinski definition) is 0. The topological polar surface area (TPSA) is 12.4 Å². The predicted molar refractivity (Wildman–Crippen MR) is 72.9 cm³/mol. The van der Waals surface area contributed by atoms with Gasteiger partial charge in [0.25, 0.3) is 0 Å². The Bertz CT molecular complexity index is 377. The van der Waals surface area contributed by atoms with E-state index in [-0.39, 0.29) is 0 Å². The molecule has 0 aliphatic rings.